The van der Waals surface area contributed by atoms with Gasteiger partial charge in [-0.1, -0.05) is 23.7 Å². The molecule has 0 bridgehead atoms. The molecule has 0 unspecified atom stereocenters. The van der Waals surface area contributed by atoms with Crippen LogP contribution in [0.25, 0.3) is 0 Å². The molecule has 1 aliphatic heterocycles. The number of benzene rings is 2. The van der Waals surface area contributed by atoms with Crippen LogP contribution < -0.4 is 14.4 Å². The molecule has 25 heavy (non-hydrogen) atoms. The number of amides is 2. The summed E-state index contributed by atoms with van der Waals surface area (Å²) in [7, 11) is 3.12. The average Bonchev–Trinajstić information content (AvgIpc) is 2.60. The van der Waals surface area contributed by atoms with Gasteiger partial charge in [-0.15, -0.1) is 0 Å². The van der Waals surface area contributed by atoms with E-state index in [1.807, 2.05) is 12.1 Å². The SMILES string of the molecule is COc1ccc(C2CC(=O)N(c3cccc(Cl)c3)C(=O)C2)cc1OC. The number of anilines is 1. The molecule has 6 heteroatoms. The van der Waals surface area contributed by atoms with E-state index in [-0.39, 0.29) is 30.6 Å². The van der Waals surface area contributed by atoms with Crippen molar-refractivity contribution < 1.29 is 19.1 Å². The Balaban J connectivity index is 1.85. The standard InChI is InChI=1S/C19H18ClNO4/c1-24-16-7-6-12(8-17(16)25-2)13-9-18(22)21(19(23)10-13)15-5-3-4-14(20)11-15/h3-8,11,13H,9-10H2,1-2H3. The van der Waals surface area contributed by atoms with E-state index in [2.05, 4.69) is 0 Å². The number of nitrogens with zero attached hydrogens (tertiary/aromatic N) is 1. The normalized spacial score (nSPS) is 15.4. The monoisotopic (exact) mass is 359 g/mol. The fraction of sp³-hybridized carbons (Fsp3) is 0.263. The minimum atomic E-state index is -0.238. The number of carbonyl (C=O) groups excluding carboxylic acids is 2. The molecule has 2 amide bonds. The predicted octanol–water partition coefficient (Wildman–Crippen LogP) is 3.79. The molecule has 3 rings (SSSR count). The van der Waals surface area contributed by atoms with Crippen LogP contribution in [-0.2, 0) is 9.59 Å². The van der Waals surface area contributed by atoms with Gasteiger partial charge < -0.3 is 9.47 Å². The molecule has 0 aliphatic carbocycles. The fourth-order valence-corrected chi connectivity index (χ4v) is 3.25. The molecule has 5 nitrogen and oxygen atoms in total. The van der Waals surface area contributed by atoms with Gasteiger partial charge >= 0.3 is 0 Å². The lowest BCUT2D eigenvalue weighted by Gasteiger charge is -2.30. The van der Waals surface area contributed by atoms with E-state index in [0.29, 0.717) is 22.2 Å². The Bertz CT molecular complexity index is 803. The highest BCUT2D eigenvalue weighted by Gasteiger charge is 2.34. The first-order chi connectivity index (χ1) is 12.0. The lowest BCUT2D eigenvalue weighted by atomic mass is 9.88. The summed E-state index contributed by atoms with van der Waals surface area (Å²) in [6.45, 7) is 0. The topological polar surface area (TPSA) is 55.8 Å². The van der Waals surface area contributed by atoms with Crippen molar-refractivity contribution in [2.45, 2.75) is 18.8 Å². The lowest BCUT2D eigenvalue weighted by Crippen LogP contribution is -2.42. The van der Waals surface area contributed by atoms with Crippen molar-refractivity contribution >= 4 is 29.1 Å². The van der Waals surface area contributed by atoms with Crippen LogP contribution in [0, 0.1) is 0 Å². The van der Waals surface area contributed by atoms with Crippen molar-refractivity contribution in [3.63, 3.8) is 0 Å². The molecule has 0 aromatic heterocycles. The van der Waals surface area contributed by atoms with E-state index in [0.717, 1.165) is 5.56 Å². The smallest absolute Gasteiger partial charge is 0.234 e. The first kappa shape index (κ1) is 17.3. The Kier molecular flexibility index (Phi) is 4.95. The minimum absolute atomic E-state index is 0.185. The molecule has 0 atom stereocenters. The largest absolute Gasteiger partial charge is 0.493 e. The molecule has 1 fully saturated rings. The second kappa shape index (κ2) is 7.15. The first-order valence-electron chi connectivity index (χ1n) is 7.86. The van der Waals surface area contributed by atoms with Gasteiger partial charge in [0.05, 0.1) is 19.9 Å². The summed E-state index contributed by atoms with van der Waals surface area (Å²) in [6, 6.07) is 12.2. The molecule has 1 aliphatic rings. The van der Waals surface area contributed by atoms with Crippen LogP contribution in [0.15, 0.2) is 42.5 Å². The summed E-state index contributed by atoms with van der Waals surface area (Å²) < 4.78 is 10.5. The number of methoxy groups -OCH3 is 2. The third kappa shape index (κ3) is 3.46. The Morgan fingerprint density at radius 1 is 0.960 bits per heavy atom. The van der Waals surface area contributed by atoms with E-state index in [4.69, 9.17) is 21.1 Å². The molecule has 130 valence electrons. The third-order valence-electron chi connectivity index (χ3n) is 4.29. The van der Waals surface area contributed by atoms with Gasteiger partial charge in [0.25, 0.3) is 0 Å². The second-order valence-electron chi connectivity index (χ2n) is 5.82. The maximum absolute atomic E-state index is 12.6. The van der Waals surface area contributed by atoms with Crippen molar-refractivity contribution in [3.05, 3.63) is 53.1 Å². The Morgan fingerprint density at radius 2 is 1.64 bits per heavy atom. The van der Waals surface area contributed by atoms with Crippen LogP contribution in [0.1, 0.15) is 24.3 Å². The Labute approximate surface area is 151 Å². The zero-order valence-electron chi connectivity index (χ0n) is 14.0. The number of ether oxygens (including phenoxy) is 2. The summed E-state index contributed by atoms with van der Waals surface area (Å²) in [6.07, 6.45) is 0.488. The van der Waals surface area contributed by atoms with Gasteiger partial charge in [0.2, 0.25) is 11.8 Å². The number of halogens is 1. The molecule has 0 saturated carbocycles. The summed E-state index contributed by atoms with van der Waals surface area (Å²) in [5, 5.41) is 0.486. The van der Waals surface area contributed by atoms with Crippen LogP contribution in [0.2, 0.25) is 5.02 Å². The number of hydrogen-bond acceptors (Lipinski definition) is 4. The van der Waals surface area contributed by atoms with Crippen molar-refractivity contribution in [2.24, 2.45) is 0 Å². The maximum Gasteiger partial charge on any atom is 0.234 e. The van der Waals surface area contributed by atoms with Gasteiger partial charge in [-0.2, -0.15) is 0 Å². The van der Waals surface area contributed by atoms with Crippen LogP contribution in [-0.4, -0.2) is 26.0 Å². The summed E-state index contributed by atoms with van der Waals surface area (Å²) in [4.78, 5) is 26.4. The van der Waals surface area contributed by atoms with Gasteiger partial charge in [-0.3, -0.25) is 14.5 Å². The highest BCUT2D eigenvalue weighted by molar-refractivity contribution is 6.31. The number of imide groups is 1. The van der Waals surface area contributed by atoms with E-state index in [1.54, 1.807) is 44.6 Å². The van der Waals surface area contributed by atoms with E-state index >= 15 is 0 Å². The summed E-state index contributed by atoms with van der Waals surface area (Å²) >= 11 is 5.97. The number of rotatable bonds is 4. The van der Waals surface area contributed by atoms with E-state index < -0.39 is 0 Å². The van der Waals surface area contributed by atoms with Gasteiger partial charge in [-0.05, 0) is 35.9 Å². The van der Waals surface area contributed by atoms with Gasteiger partial charge in [0.15, 0.2) is 11.5 Å². The van der Waals surface area contributed by atoms with E-state index in [1.165, 1.54) is 4.90 Å². The molecule has 2 aromatic carbocycles. The van der Waals surface area contributed by atoms with Crippen molar-refractivity contribution in [1.29, 1.82) is 0 Å². The Morgan fingerprint density at radius 3 is 2.24 bits per heavy atom. The van der Waals surface area contributed by atoms with Crippen LogP contribution >= 0.6 is 11.6 Å². The number of piperidine rings is 1. The predicted molar refractivity (Wildman–Crippen MR) is 95.5 cm³/mol. The summed E-state index contributed by atoms with van der Waals surface area (Å²) in [5.74, 6) is 0.532. The lowest BCUT2D eigenvalue weighted by molar-refractivity contribution is -0.129. The van der Waals surface area contributed by atoms with Crippen molar-refractivity contribution in [1.82, 2.24) is 0 Å². The third-order valence-corrected chi connectivity index (χ3v) is 4.52. The average molecular weight is 360 g/mol. The molecule has 1 saturated heterocycles. The maximum atomic E-state index is 12.6. The molecule has 1 heterocycles. The van der Waals surface area contributed by atoms with Gasteiger partial charge in [-0.25, -0.2) is 0 Å². The highest BCUT2D eigenvalue weighted by Crippen LogP contribution is 2.36. The molecular weight excluding hydrogens is 342 g/mol. The van der Waals surface area contributed by atoms with Gasteiger partial charge in [0.1, 0.15) is 0 Å². The Hall–Kier alpha value is -2.53. The van der Waals surface area contributed by atoms with Crippen LogP contribution in [0.5, 0.6) is 11.5 Å². The highest BCUT2D eigenvalue weighted by atomic mass is 35.5. The number of carbonyl (C=O) groups is 2. The molecule has 0 N–H and O–H groups in total. The molecule has 2 aromatic rings. The quantitative estimate of drug-likeness (QED) is 0.779. The zero-order valence-corrected chi connectivity index (χ0v) is 14.7. The summed E-state index contributed by atoms with van der Waals surface area (Å²) in [5.41, 5.74) is 1.39. The van der Waals surface area contributed by atoms with E-state index in [9.17, 15) is 9.59 Å². The minimum Gasteiger partial charge on any atom is -0.493 e. The molecular formula is C19H18ClNO4. The first-order valence-corrected chi connectivity index (χ1v) is 8.24. The second-order valence-corrected chi connectivity index (χ2v) is 6.26. The molecule has 0 spiro atoms. The molecule has 0 radical (unpaired) electrons. The van der Waals surface area contributed by atoms with Gasteiger partial charge in [0, 0.05) is 23.8 Å². The van der Waals surface area contributed by atoms with Crippen LogP contribution in [0.4, 0.5) is 5.69 Å². The van der Waals surface area contributed by atoms with Crippen molar-refractivity contribution in [3.8, 4) is 11.5 Å². The fourth-order valence-electron chi connectivity index (χ4n) is 3.06. The van der Waals surface area contributed by atoms with Crippen LogP contribution in [0.3, 0.4) is 0 Å². The van der Waals surface area contributed by atoms with Crippen molar-refractivity contribution in [2.75, 3.05) is 19.1 Å². The number of hydrogen-bond donors (Lipinski definition) is 0. The zero-order chi connectivity index (χ0) is 18.0.